The number of ether oxygens (including phenoxy) is 1. The molecule has 0 atom stereocenters. The Bertz CT molecular complexity index is 1020. The van der Waals surface area contributed by atoms with Crippen molar-refractivity contribution < 1.29 is 17.9 Å². The van der Waals surface area contributed by atoms with Gasteiger partial charge in [0.25, 0.3) is 0 Å². The van der Waals surface area contributed by atoms with E-state index < -0.39 is 10.0 Å². The number of sulfonamides is 1. The molecule has 1 N–H and O–H groups in total. The number of carbonyl (C=O) groups is 1. The van der Waals surface area contributed by atoms with Crippen molar-refractivity contribution >= 4 is 21.6 Å². The second-order valence-corrected chi connectivity index (χ2v) is 9.29. The molecule has 2 aromatic rings. The van der Waals surface area contributed by atoms with E-state index in [2.05, 4.69) is 9.71 Å². The fraction of sp³-hybridized carbons (Fsp3) is 0.429. The van der Waals surface area contributed by atoms with E-state index in [1.54, 1.807) is 35.4 Å². The molecule has 7 nitrogen and oxygen atoms in total. The highest BCUT2D eigenvalue weighted by atomic mass is 32.2. The Labute approximate surface area is 171 Å². The normalized spacial score (nSPS) is 16.8. The molecule has 29 heavy (non-hydrogen) atoms. The van der Waals surface area contributed by atoms with E-state index in [-0.39, 0.29) is 23.5 Å². The van der Waals surface area contributed by atoms with Gasteiger partial charge in [0.15, 0.2) is 0 Å². The first kappa shape index (κ1) is 19.8. The number of hydrogen-bond donors (Lipinski definition) is 1. The van der Waals surface area contributed by atoms with Gasteiger partial charge < -0.3 is 9.64 Å². The van der Waals surface area contributed by atoms with E-state index in [0.29, 0.717) is 24.4 Å². The summed E-state index contributed by atoms with van der Waals surface area (Å²) in [7, 11) is -3.70. The van der Waals surface area contributed by atoms with Crippen molar-refractivity contribution in [3.63, 3.8) is 0 Å². The quantitative estimate of drug-likeness (QED) is 0.784. The van der Waals surface area contributed by atoms with Gasteiger partial charge in [-0.15, -0.1) is 0 Å². The first-order chi connectivity index (χ1) is 13.9. The lowest BCUT2D eigenvalue weighted by Gasteiger charge is -2.16. The van der Waals surface area contributed by atoms with Gasteiger partial charge in [0.05, 0.1) is 4.90 Å². The minimum absolute atomic E-state index is 0.0381. The smallest absolute Gasteiger partial charge is 0.240 e. The third kappa shape index (κ3) is 4.28. The number of hydrogen-bond acceptors (Lipinski definition) is 5. The summed E-state index contributed by atoms with van der Waals surface area (Å²) in [5.41, 5.74) is 2.37. The number of benzene rings is 1. The molecule has 1 amide bonds. The third-order valence-corrected chi connectivity index (χ3v) is 6.92. The number of nitrogens with zero attached hydrogens (tertiary/aromatic N) is 2. The summed E-state index contributed by atoms with van der Waals surface area (Å²) in [6, 6.07) is 8.50. The van der Waals surface area contributed by atoms with Crippen LogP contribution in [-0.4, -0.2) is 32.0 Å². The van der Waals surface area contributed by atoms with E-state index in [0.717, 1.165) is 36.9 Å². The van der Waals surface area contributed by atoms with Gasteiger partial charge in [-0.25, -0.2) is 18.1 Å². The number of rotatable bonds is 6. The van der Waals surface area contributed by atoms with Gasteiger partial charge in [0.1, 0.15) is 6.10 Å². The summed E-state index contributed by atoms with van der Waals surface area (Å²) in [6.45, 7) is 2.20. The first-order valence-corrected chi connectivity index (χ1v) is 11.4. The van der Waals surface area contributed by atoms with Gasteiger partial charge in [-0.3, -0.25) is 4.79 Å². The molecule has 154 valence electrons. The van der Waals surface area contributed by atoms with Gasteiger partial charge in [-0.2, -0.15) is 0 Å². The Morgan fingerprint density at radius 1 is 1.28 bits per heavy atom. The topological polar surface area (TPSA) is 88.6 Å². The van der Waals surface area contributed by atoms with Crippen LogP contribution in [0.4, 0.5) is 5.69 Å². The summed E-state index contributed by atoms with van der Waals surface area (Å²) in [6.07, 6.45) is 6.78. The van der Waals surface area contributed by atoms with E-state index in [1.807, 2.05) is 6.07 Å². The zero-order valence-corrected chi connectivity index (χ0v) is 17.2. The van der Waals surface area contributed by atoms with Crippen LogP contribution in [0.1, 0.15) is 43.7 Å². The summed E-state index contributed by atoms with van der Waals surface area (Å²) in [4.78, 5) is 17.8. The van der Waals surface area contributed by atoms with E-state index in [4.69, 9.17) is 4.74 Å². The number of nitrogens with one attached hydrogen (secondary N) is 1. The molecule has 0 bridgehead atoms. The summed E-state index contributed by atoms with van der Waals surface area (Å²) >= 11 is 0. The third-order valence-electron chi connectivity index (χ3n) is 5.52. The lowest BCUT2D eigenvalue weighted by atomic mass is 10.2. The zero-order chi connectivity index (χ0) is 20.4. The molecule has 2 aliphatic rings. The largest absolute Gasteiger partial charge is 0.474 e. The average Bonchev–Trinajstić information content (AvgIpc) is 3.36. The maximum absolute atomic E-state index is 12.8. The van der Waals surface area contributed by atoms with Gasteiger partial charge in [0, 0.05) is 37.5 Å². The molecule has 1 aliphatic carbocycles. The molecular formula is C21H25N3O4S. The van der Waals surface area contributed by atoms with Crippen LogP contribution in [0.15, 0.2) is 41.4 Å². The van der Waals surface area contributed by atoms with Crippen LogP contribution in [0.3, 0.4) is 0 Å². The fourth-order valence-electron chi connectivity index (χ4n) is 3.96. The molecule has 1 aromatic heterocycles. The van der Waals surface area contributed by atoms with Gasteiger partial charge in [0.2, 0.25) is 21.8 Å². The molecule has 0 saturated heterocycles. The predicted molar refractivity (Wildman–Crippen MR) is 109 cm³/mol. The maximum Gasteiger partial charge on any atom is 0.240 e. The van der Waals surface area contributed by atoms with Crippen LogP contribution in [0, 0.1) is 0 Å². The van der Waals surface area contributed by atoms with Crippen molar-refractivity contribution in [2.75, 3.05) is 11.4 Å². The molecule has 1 saturated carbocycles. The van der Waals surface area contributed by atoms with E-state index >= 15 is 0 Å². The Hall–Kier alpha value is -2.45. The maximum atomic E-state index is 12.8. The first-order valence-electron chi connectivity index (χ1n) is 9.95. The monoisotopic (exact) mass is 415 g/mol. The molecule has 1 aliphatic heterocycles. The van der Waals surface area contributed by atoms with Crippen molar-refractivity contribution in [3.05, 3.63) is 47.7 Å². The molecule has 4 rings (SSSR count). The number of aromatic nitrogens is 1. The molecule has 1 fully saturated rings. The van der Waals surface area contributed by atoms with Gasteiger partial charge >= 0.3 is 0 Å². The number of pyridine rings is 1. The molecule has 8 heteroatoms. The van der Waals surface area contributed by atoms with Crippen molar-refractivity contribution in [2.24, 2.45) is 0 Å². The summed E-state index contributed by atoms with van der Waals surface area (Å²) in [5, 5.41) is 0. The molecule has 0 unspecified atom stereocenters. The van der Waals surface area contributed by atoms with Gasteiger partial charge in [-0.05, 0) is 61.9 Å². The molecule has 0 spiro atoms. The van der Waals surface area contributed by atoms with Crippen LogP contribution in [0.2, 0.25) is 0 Å². The standard InChI is InChI=1S/C21H25N3O4S/c1-15(25)24-12-10-16-13-19(8-9-20(16)24)29(26,27)23-14-17-5-4-11-22-21(17)28-18-6-2-3-7-18/h4-5,8-9,11,13,18,23H,2-3,6-7,10,12,14H2,1H3. The minimum Gasteiger partial charge on any atom is -0.474 e. The van der Waals surface area contributed by atoms with Crippen LogP contribution >= 0.6 is 0 Å². The summed E-state index contributed by atoms with van der Waals surface area (Å²) < 4.78 is 34.3. The lowest BCUT2D eigenvalue weighted by molar-refractivity contribution is -0.116. The highest BCUT2D eigenvalue weighted by Gasteiger charge is 2.25. The van der Waals surface area contributed by atoms with Crippen LogP contribution in [0.25, 0.3) is 0 Å². The highest BCUT2D eigenvalue weighted by Crippen LogP contribution is 2.30. The average molecular weight is 416 g/mol. The number of fused-ring (bicyclic) bond motifs is 1. The Morgan fingerprint density at radius 3 is 2.83 bits per heavy atom. The van der Waals surface area contributed by atoms with Crippen LogP contribution in [0.5, 0.6) is 5.88 Å². The predicted octanol–water partition coefficient (Wildman–Crippen LogP) is 2.79. The Balaban J connectivity index is 1.48. The van der Waals surface area contributed by atoms with E-state index in [1.165, 1.54) is 6.92 Å². The lowest BCUT2D eigenvalue weighted by Crippen LogP contribution is -2.26. The zero-order valence-electron chi connectivity index (χ0n) is 16.4. The molecule has 0 radical (unpaired) electrons. The summed E-state index contributed by atoms with van der Waals surface area (Å²) in [5.74, 6) is 0.456. The van der Waals surface area contributed by atoms with Crippen LogP contribution in [-0.2, 0) is 27.8 Å². The molecular weight excluding hydrogens is 390 g/mol. The van der Waals surface area contributed by atoms with Crippen LogP contribution < -0.4 is 14.4 Å². The van der Waals surface area contributed by atoms with Gasteiger partial charge in [-0.1, -0.05) is 6.07 Å². The number of anilines is 1. The van der Waals surface area contributed by atoms with E-state index in [9.17, 15) is 13.2 Å². The fourth-order valence-corrected chi connectivity index (χ4v) is 5.01. The molecule has 2 heterocycles. The SMILES string of the molecule is CC(=O)N1CCc2cc(S(=O)(=O)NCc3cccnc3OC3CCCC3)ccc21. The molecule has 1 aromatic carbocycles. The number of carbonyl (C=O) groups excluding carboxylic acids is 1. The minimum atomic E-state index is -3.70. The Morgan fingerprint density at radius 2 is 2.07 bits per heavy atom. The van der Waals surface area contributed by atoms with Crippen molar-refractivity contribution in [2.45, 2.75) is 56.6 Å². The number of amides is 1. The highest BCUT2D eigenvalue weighted by molar-refractivity contribution is 7.89. The van der Waals surface area contributed by atoms with Crippen molar-refractivity contribution in [1.29, 1.82) is 0 Å². The Kier molecular flexibility index (Phi) is 5.56. The van der Waals surface area contributed by atoms with Crippen molar-refractivity contribution in [3.8, 4) is 5.88 Å². The second kappa shape index (κ2) is 8.12. The second-order valence-electron chi connectivity index (χ2n) is 7.53. The van der Waals surface area contributed by atoms with Crippen molar-refractivity contribution in [1.82, 2.24) is 9.71 Å².